The Morgan fingerprint density at radius 3 is 1.30 bits per heavy atom. The van der Waals surface area contributed by atoms with Gasteiger partial charge in [0.2, 0.25) is 0 Å². The van der Waals surface area contributed by atoms with Crippen molar-refractivity contribution in [1.29, 1.82) is 0 Å². The van der Waals surface area contributed by atoms with Gasteiger partial charge in [-0.25, -0.2) is 19.6 Å². The molecular formula is C53H70F2N10O17. The number of imidazole rings is 2. The van der Waals surface area contributed by atoms with Gasteiger partial charge in [-0.05, 0) is 32.1 Å². The Morgan fingerprint density at radius 2 is 0.988 bits per heavy atom. The molecule has 2 amide bonds. The number of carbonyl (C=O) groups is 6. The topological polar surface area (TPSA) is 348 Å². The van der Waals surface area contributed by atoms with Crippen LogP contribution < -0.4 is 10.6 Å². The number of hydrogen-bond donors (Lipinski definition) is 5. The minimum Gasteiger partial charge on any atom is -0.462 e. The van der Waals surface area contributed by atoms with Gasteiger partial charge < -0.3 is 53.2 Å². The first kappa shape index (κ1) is 65.1. The third-order valence-corrected chi connectivity index (χ3v) is 13.0. The molecule has 27 nitrogen and oxygen atoms in total. The average molecular weight is 1160 g/mol. The van der Waals surface area contributed by atoms with E-state index in [2.05, 4.69) is 52.4 Å². The number of anilines is 2. The number of nitrogens with zero attached hydrogens (tertiary/aromatic N) is 8. The molecule has 2 aliphatic rings. The lowest BCUT2D eigenvalue weighted by atomic mass is 9.90. The first-order valence-corrected chi connectivity index (χ1v) is 26.9. The van der Waals surface area contributed by atoms with E-state index in [0.29, 0.717) is 32.1 Å². The predicted molar refractivity (Wildman–Crippen MR) is 282 cm³/mol. The van der Waals surface area contributed by atoms with Gasteiger partial charge in [-0.3, -0.25) is 38.9 Å². The zero-order chi connectivity index (χ0) is 60.0. The molecule has 0 bridgehead atoms. The van der Waals surface area contributed by atoms with Gasteiger partial charge in [0.05, 0.1) is 25.9 Å². The molecule has 0 unspecified atom stereocenters. The number of aromatic nitrogens is 8. The molecule has 2 aliphatic heterocycles. The summed E-state index contributed by atoms with van der Waals surface area (Å²) < 4.78 is 74.5. The van der Waals surface area contributed by atoms with Gasteiger partial charge in [0, 0.05) is 38.0 Å². The Hall–Kier alpha value is -7.70. The summed E-state index contributed by atoms with van der Waals surface area (Å²) in [5.41, 5.74) is -2.96. The van der Waals surface area contributed by atoms with E-state index in [4.69, 9.17) is 50.7 Å². The van der Waals surface area contributed by atoms with Crippen molar-refractivity contribution >= 4 is 70.0 Å². The van der Waals surface area contributed by atoms with Crippen LogP contribution in [0.25, 0.3) is 22.3 Å². The van der Waals surface area contributed by atoms with Crippen LogP contribution in [-0.2, 0) is 57.1 Å². The monoisotopic (exact) mass is 1160 g/mol. The molecule has 82 heavy (non-hydrogen) atoms. The van der Waals surface area contributed by atoms with Crippen molar-refractivity contribution in [2.75, 3.05) is 50.3 Å². The number of amides is 2. The van der Waals surface area contributed by atoms with Crippen LogP contribution in [0.2, 0.25) is 0 Å². The van der Waals surface area contributed by atoms with Gasteiger partial charge in [0.25, 0.3) is 0 Å². The van der Waals surface area contributed by atoms with E-state index in [1.807, 2.05) is 34.6 Å². The molecule has 0 aromatic carbocycles. The summed E-state index contributed by atoms with van der Waals surface area (Å²) in [5.74, 6) is 1.90. The second kappa shape index (κ2) is 31.5. The van der Waals surface area contributed by atoms with Crippen molar-refractivity contribution in [2.45, 2.75) is 166 Å². The largest absolute Gasteiger partial charge is 0.462 e. The summed E-state index contributed by atoms with van der Waals surface area (Å²) in [5, 5.41) is 34.4. The number of fused-ring (bicyclic) bond motifs is 2. The number of esters is 4. The Labute approximate surface area is 470 Å². The van der Waals surface area contributed by atoms with Crippen LogP contribution in [0.1, 0.15) is 137 Å². The van der Waals surface area contributed by atoms with Gasteiger partial charge in [0.1, 0.15) is 45.0 Å². The summed E-state index contributed by atoms with van der Waals surface area (Å²) in [6.07, 6.45) is 10.6. The highest BCUT2D eigenvalue weighted by Gasteiger charge is 2.48. The second-order valence-electron chi connectivity index (χ2n) is 19.2. The number of halogens is 2. The van der Waals surface area contributed by atoms with Gasteiger partial charge in [-0.2, -0.15) is 28.7 Å². The number of aliphatic hydroxyl groups is 3. The number of aliphatic hydroxyl groups excluding tert-OH is 3. The molecule has 0 aliphatic carbocycles. The zero-order valence-corrected chi connectivity index (χ0v) is 46.3. The van der Waals surface area contributed by atoms with Crippen LogP contribution in [0.4, 0.5) is 30.0 Å². The molecule has 29 heteroatoms. The Morgan fingerprint density at radius 1 is 0.634 bits per heavy atom. The highest BCUT2D eigenvalue weighted by atomic mass is 19.1. The fourth-order valence-corrected chi connectivity index (χ4v) is 8.20. The lowest BCUT2D eigenvalue weighted by Gasteiger charge is -2.24. The quantitative estimate of drug-likeness (QED) is 0.0209. The molecule has 0 saturated carbocycles. The lowest BCUT2D eigenvalue weighted by Crippen LogP contribution is -2.41. The highest BCUT2D eigenvalue weighted by molar-refractivity contribution is 5.94. The number of ether oxygens (including phenoxy) is 8. The first-order valence-electron chi connectivity index (χ1n) is 26.9. The molecule has 0 spiro atoms. The maximum atomic E-state index is 14.5. The van der Waals surface area contributed by atoms with E-state index in [9.17, 15) is 52.9 Å². The van der Waals surface area contributed by atoms with E-state index in [1.54, 1.807) is 0 Å². The van der Waals surface area contributed by atoms with E-state index >= 15 is 0 Å². The molecule has 6 atom stereocenters. The second-order valence-corrected chi connectivity index (χ2v) is 19.2. The molecule has 0 radical (unpaired) electrons. The maximum absolute atomic E-state index is 14.5. The van der Waals surface area contributed by atoms with Crippen LogP contribution in [0.3, 0.4) is 0 Å². The third kappa shape index (κ3) is 17.7. The number of carbonyl (C=O) groups excluding carboxylic acids is 6. The van der Waals surface area contributed by atoms with Crippen molar-refractivity contribution in [3.05, 3.63) is 24.8 Å². The maximum Gasteiger partial charge on any atom is 0.413 e. The number of terminal acetylenes is 2. The number of nitrogens with one attached hydrogen (secondary N) is 2. The number of unbranched alkanes of at least 4 members (excludes halogenated alkanes) is 4. The van der Waals surface area contributed by atoms with E-state index in [-0.39, 0.29) is 98.4 Å². The zero-order valence-electron chi connectivity index (χ0n) is 46.3. The molecule has 5 N–H and O–H groups in total. The molecular weight excluding hydrogens is 1090 g/mol. The van der Waals surface area contributed by atoms with Gasteiger partial charge in [-0.15, -0.1) is 12.8 Å². The van der Waals surface area contributed by atoms with Crippen molar-refractivity contribution < 1.29 is 90.8 Å². The van der Waals surface area contributed by atoms with E-state index in [0.717, 1.165) is 25.7 Å². The SMILES string of the molecule is C#C[C@]1(CO)O[C@@H](n2cnc3c(NC(=O)OC(COC(=O)CCCC)COC(=O)CCCC)nc(F)nc32)C[C@@H]1C.C#C[C@]1(CO)O[C@@H](n2cnc3c(NC(=O)OC(COC(=O)CCCC)COC(=O)CCCC)nc(F)nc32)C[C@@H]1O. The fourth-order valence-electron chi connectivity index (χ4n) is 8.20. The first-order chi connectivity index (χ1) is 39.3. The predicted octanol–water partition coefficient (Wildman–Crippen LogP) is 5.26. The van der Waals surface area contributed by atoms with Crippen molar-refractivity contribution in [1.82, 2.24) is 39.0 Å². The summed E-state index contributed by atoms with van der Waals surface area (Å²) in [6.45, 7) is 7.01. The lowest BCUT2D eigenvalue weighted by molar-refractivity contribution is -0.154. The number of hydrogen-bond acceptors (Lipinski definition) is 23. The Balaban J connectivity index is 0.000000301. The van der Waals surface area contributed by atoms with Gasteiger partial charge >= 0.3 is 48.2 Å². The third-order valence-electron chi connectivity index (χ3n) is 13.0. The average Bonchev–Trinajstić information content (AvgIpc) is 4.35. The van der Waals surface area contributed by atoms with Gasteiger partial charge in [-0.1, -0.05) is 72.1 Å². The molecule has 2 fully saturated rings. The highest BCUT2D eigenvalue weighted by Crippen LogP contribution is 2.42. The normalized spacial score (nSPS) is 20.1. The van der Waals surface area contributed by atoms with Crippen LogP contribution in [0.5, 0.6) is 0 Å². The summed E-state index contributed by atoms with van der Waals surface area (Å²) in [6, 6.07) is 0. The molecule has 2 saturated heterocycles. The van der Waals surface area contributed by atoms with Crippen molar-refractivity contribution in [3.63, 3.8) is 0 Å². The minimum absolute atomic E-state index is 0.0158. The molecule has 6 rings (SSSR count). The van der Waals surface area contributed by atoms with Crippen LogP contribution >= 0.6 is 0 Å². The van der Waals surface area contributed by atoms with Crippen molar-refractivity contribution in [3.8, 4) is 24.7 Å². The molecule has 4 aromatic heterocycles. The molecule has 448 valence electrons. The summed E-state index contributed by atoms with van der Waals surface area (Å²) in [7, 11) is 0. The van der Waals surface area contributed by atoms with E-state index < -0.39 is 103 Å². The molecule has 6 heterocycles. The smallest absolute Gasteiger partial charge is 0.413 e. The fraction of sp³-hybridized carbons (Fsp3) is 0.623. The summed E-state index contributed by atoms with van der Waals surface area (Å²) >= 11 is 0. The van der Waals surface area contributed by atoms with Crippen LogP contribution in [0.15, 0.2) is 12.7 Å². The van der Waals surface area contributed by atoms with Crippen molar-refractivity contribution in [2.24, 2.45) is 5.92 Å². The minimum atomic E-state index is -1.66. The van der Waals surface area contributed by atoms with E-state index in [1.165, 1.54) is 21.8 Å². The van der Waals surface area contributed by atoms with Gasteiger partial charge in [0.15, 0.2) is 57.4 Å². The molecule has 4 aromatic rings. The van der Waals surface area contributed by atoms with Crippen LogP contribution in [0, 0.1) is 42.8 Å². The number of rotatable bonds is 28. The Bertz CT molecular complexity index is 2670. The summed E-state index contributed by atoms with van der Waals surface area (Å²) in [4.78, 5) is 96.4. The standard InChI is InChI=1S/C27H36FN5O8.C26H34FN5O9/c1-5-8-10-20(35)38-13-18(14-39-21(36)11-9-6-2)40-26(37)31-23-22-24(32-25(28)30-23)33(16-29-22)19-12-17(4)27(7-3,15-34)41-19;1-4-7-9-19(35)38-12-16(13-39-20(36)10-8-5-2)40-25(37)30-22-21-23(31-24(27)29-22)32(15-28-21)18-11-17(34)26(6-3,14-33)41-18/h3,16-19,34H,5-6,8-15H2,1-2,4H3,(H,30,31,32,37);3,15-18,33-34H,4-5,7-14H2,1-2H3,(H,29,30,31,37)/t17-,19+,27+;17-,18+,26+/m00/s1. The Kier molecular flexibility index (Phi) is 25.0. The van der Waals surface area contributed by atoms with Crippen LogP contribution in [-0.4, -0.2) is 160 Å².